The van der Waals surface area contributed by atoms with Crippen LogP contribution < -0.4 is 4.74 Å². The summed E-state index contributed by atoms with van der Waals surface area (Å²) < 4.78 is 5.93. The molecule has 1 amide bonds. The van der Waals surface area contributed by atoms with Gasteiger partial charge in [0.15, 0.2) is 0 Å². The number of aryl methyl sites for hydroxylation is 1. The molecule has 1 aromatic carbocycles. The third-order valence-electron chi connectivity index (χ3n) is 5.82. The van der Waals surface area contributed by atoms with Gasteiger partial charge < -0.3 is 9.64 Å². The zero-order valence-corrected chi connectivity index (χ0v) is 16.7. The molecule has 2 fully saturated rings. The van der Waals surface area contributed by atoms with Crippen molar-refractivity contribution in [3.8, 4) is 11.6 Å². The Balaban J connectivity index is 1.40. The smallest absolute Gasteiger partial charge is 0.222 e. The third-order valence-corrected chi connectivity index (χ3v) is 5.82. The minimum atomic E-state index is 0.192. The molecular weight excluding hydrogens is 352 g/mol. The van der Waals surface area contributed by atoms with Crippen molar-refractivity contribution in [2.24, 2.45) is 0 Å². The molecule has 148 valence electrons. The van der Waals surface area contributed by atoms with Gasteiger partial charge in [-0.1, -0.05) is 18.2 Å². The monoisotopic (exact) mass is 380 g/mol. The summed E-state index contributed by atoms with van der Waals surface area (Å²) in [4.78, 5) is 25.5. The van der Waals surface area contributed by atoms with Gasteiger partial charge in [-0.15, -0.1) is 0 Å². The molecule has 2 aliphatic heterocycles. The molecule has 4 rings (SSSR count). The molecule has 2 aliphatic rings. The molecule has 0 saturated carbocycles. The fraction of sp³-hybridized carbons (Fsp3) is 0.500. The summed E-state index contributed by atoms with van der Waals surface area (Å²) in [5.74, 6) is 2.81. The molecule has 28 heavy (non-hydrogen) atoms. The number of piperidine rings is 1. The average molecular weight is 380 g/mol. The van der Waals surface area contributed by atoms with Crippen LogP contribution in [-0.4, -0.2) is 57.9 Å². The Morgan fingerprint density at radius 1 is 1.07 bits per heavy atom. The van der Waals surface area contributed by atoms with E-state index in [0.29, 0.717) is 17.8 Å². The van der Waals surface area contributed by atoms with Gasteiger partial charge in [0.05, 0.1) is 0 Å². The van der Waals surface area contributed by atoms with Crippen LogP contribution in [0.4, 0.5) is 0 Å². The van der Waals surface area contributed by atoms with E-state index < -0.39 is 0 Å². The first-order valence-electron chi connectivity index (χ1n) is 10.2. The number of carbonyl (C=O) groups excluding carboxylic acids is 1. The number of para-hydroxylation sites is 1. The molecular formula is C22H28N4O2. The van der Waals surface area contributed by atoms with Crippen LogP contribution in [0.25, 0.3) is 0 Å². The predicted molar refractivity (Wildman–Crippen MR) is 107 cm³/mol. The SMILES string of the molecule is CC(=O)N1CCC(N2CC[C@H](c3nc(C)cc(Oc4ccccc4)n3)C2)CC1. The topological polar surface area (TPSA) is 58.6 Å². The van der Waals surface area contributed by atoms with Crippen molar-refractivity contribution in [3.05, 3.63) is 47.9 Å². The molecule has 0 bridgehead atoms. The Kier molecular flexibility index (Phi) is 5.57. The molecule has 2 aromatic rings. The van der Waals surface area contributed by atoms with Gasteiger partial charge in [0, 0.05) is 50.3 Å². The quantitative estimate of drug-likeness (QED) is 0.814. The number of hydrogen-bond acceptors (Lipinski definition) is 5. The molecule has 0 radical (unpaired) electrons. The summed E-state index contributed by atoms with van der Waals surface area (Å²) in [5, 5.41) is 0. The molecule has 0 spiro atoms. The van der Waals surface area contributed by atoms with Gasteiger partial charge in [-0.05, 0) is 44.9 Å². The normalized spacial score (nSPS) is 21.1. The summed E-state index contributed by atoms with van der Waals surface area (Å²) in [6.07, 6.45) is 3.19. The Hall–Kier alpha value is -2.47. The fourth-order valence-electron chi connectivity index (χ4n) is 4.28. The maximum absolute atomic E-state index is 11.5. The number of ether oxygens (including phenoxy) is 1. The van der Waals surface area contributed by atoms with Crippen LogP contribution in [0, 0.1) is 6.92 Å². The summed E-state index contributed by atoms with van der Waals surface area (Å²) in [6, 6.07) is 12.2. The van der Waals surface area contributed by atoms with E-state index in [9.17, 15) is 4.79 Å². The average Bonchev–Trinajstić information content (AvgIpc) is 3.19. The van der Waals surface area contributed by atoms with Gasteiger partial charge >= 0.3 is 0 Å². The number of likely N-dealkylation sites (tertiary alicyclic amines) is 2. The number of carbonyl (C=O) groups is 1. The maximum atomic E-state index is 11.5. The van der Waals surface area contributed by atoms with Crippen LogP contribution in [0.5, 0.6) is 11.6 Å². The van der Waals surface area contributed by atoms with Crippen molar-refractivity contribution in [2.45, 2.75) is 45.1 Å². The molecule has 6 heteroatoms. The predicted octanol–water partition coefficient (Wildman–Crippen LogP) is 3.38. The lowest BCUT2D eigenvalue weighted by Crippen LogP contribution is -2.45. The summed E-state index contributed by atoms with van der Waals surface area (Å²) in [6.45, 7) is 7.46. The Labute approximate surface area is 166 Å². The minimum Gasteiger partial charge on any atom is -0.439 e. The van der Waals surface area contributed by atoms with Gasteiger partial charge in [0.25, 0.3) is 0 Å². The van der Waals surface area contributed by atoms with Crippen molar-refractivity contribution < 1.29 is 9.53 Å². The lowest BCUT2D eigenvalue weighted by molar-refractivity contribution is -0.130. The van der Waals surface area contributed by atoms with E-state index in [4.69, 9.17) is 14.7 Å². The van der Waals surface area contributed by atoms with Gasteiger partial charge in [-0.25, -0.2) is 4.98 Å². The Morgan fingerprint density at radius 3 is 2.54 bits per heavy atom. The van der Waals surface area contributed by atoms with E-state index in [-0.39, 0.29) is 5.91 Å². The van der Waals surface area contributed by atoms with Crippen LogP contribution in [0.15, 0.2) is 36.4 Å². The molecule has 0 unspecified atom stereocenters. The van der Waals surface area contributed by atoms with E-state index in [0.717, 1.165) is 62.7 Å². The van der Waals surface area contributed by atoms with Crippen LogP contribution in [0.1, 0.15) is 43.6 Å². The lowest BCUT2D eigenvalue weighted by Gasteiger charge is -2.36. The van der Waals surface area contributed by atoms with E-state index in [1.165, 1.54) is 0 Å². The summed E-state index contributed by atoms with van der Waals surface area (Å²) >= 11 is 0. The van der Waals surface area contributed by atoms with E-state index in [1.54, 1.807) is 6.92 Å². The molecule has 1 atom stereocenters. The Bertz CT molecular complexity index is 819. The number of rotatable bonds is 4. The van der Waals surface area contributed by atoms with E-state index in [2.05, 4.69) is 4.90 Å². The lowest BCUT2D eigenvalue weighted by atomic mass is 10.0. The highest BCUT2D eigenvalue weighted by molar-refractivity contribution is 5.73. The van der Waals surface area contributed by atoms with Crippen molar-refractivity contribution in [1.82, 2.24) is 19.8 Å². The first-order chi connectivity index (χ1) is 13.6. The standard InChI is InChI=1S/C22H28N4O2/c1-16-14-21(28-20-6-4-3-5-7-20)24-22(23-16)18-8-11-26(15-18)19-9-12-25(13-10-19)17(2)27/h3-7,14,18-19H,8-13,15H2,1-2H3/t18-/m0/s1. The summed E-state index contributed by atoms with van der Waals surface area (Å²) in [7, 11) is 0. The molecule has 3 heterocycles. The highest BCUT2D eigenvalue weighted by atomic mass is 16.5. The molecule has 2 saturated heterocycles. The second-order valence-corrected chi connectivity index (χ2v) is 7.84. The largest absolute Gasteiger partial charge is 0.439 e. The zero-order valence-electron chi connectivity index (χ0n) is 16.7. The van der Waals surface area contributed by atoms with Crippen LogP contribution in [0.3, 0.4) is 0 Å². The first kappa shape index (κ1) is 18.9. The zero-order chi connectivity index (χ0) is 19.5. The van der Waals surface area contributed by atoms with Crippen molar-refractivity contribution in [1.29, 1.82) is 0 Å². The number of amides is 1. The molecule has 0 aliphatic carbocycles. The van der Waals surface area contributed by atoms with E-state index in [1.807, 2.05) is 48.2 Å². The highest BCUT2D eigenvalue weighted by Gasteiger charge is 2.33. The molecule has 6 nitrogen and oxygen atoms in total. The number of hydrogen-bond donors (Lipinski definition) is 0. The first-order valence-corrected chi connectivity index (χ1v) is 10.2. The van der Waals surface area contributed by atoms with Crippen LogP contribution in [-0.2, 0) is 4.79 Å². The van der Waals surface area contributed by atoms with Gasteiger partial charge in [-0.3, -0.25) is 9.69 Å². The molecule has 0 N–H and O–H groups in total. The fourth-order valence-corrected chi connectivity index (χ4v) is 4.28. The number of aromatic nitrogens is 2. The minimum absolute atomic E-state index is 0.192. The van der Waals surface area contributed by atoms with Crippen molar-refractivity contribution in [2.75, 3.05) is 26.2 Å². The maximum Gasteiger partial charge on any atom is 0.222 e. The van der Waals surface area contributed by atoms with E-state index >= 15 is 0 Å². The van der Waals surface area contributed by atoms with Crippen molar-refractivity contribution >= 4 is 5.91 Å². The number of benzene rings is 1. The second-order valence-electron chi connectivity index (χ2n) is 7.84. The van der Waals surface area contributed by atoms with Gasteiger partial charge in [0.1, 0.15) is 11.6 Å². The van der Waals surface area contributed by atoms with Gasteiger partial charge in [0.2, 0.25) is 11.8 Å². The van der Waals surface area contributed by atoms with Crippen LogP contribution in [0.2, 0.25) is 0 Å². The number of nitrogens with zero attached hydrogens (tertiary/aromatic N) is 4. The second kappa shape index (κ2) is 8.27. The summed E-state index contributed by atoms with van der Waals surface area (Å²) in [5.41, 5.74) is 0.934. The van der Waals surface area contributed by atoms with Crippen LogP contribution >= 0.6 is 0 Å². The van der Waals surface area contributed by atoms with Gasteiger partial charge in [-0.2, -0.15) is 4.98 Å². The highest BCUT2D eigenvalue weighted by Crippen LogP contribution is 2.31. The Morgan fingerprint density at radius 2 is 1.82 bits per heavy atom. The third kappa shape index (κ3) is 4.33. The van der Waals surface area contributed by atoms with Crippen molar-refractivity contribution in [3.63, 3.8) is 0 Å². The molecule has 1 aromatic heterocycles.